The van der Waals surface area contributed by atoms with Gasteiger partial charge in [-0.25, -0.2) is 4.79 Å². The summed E-state index contributed by atoms with van der Waals surface area (Å²) < 4.78 is 120. The zero-order chi connectivity index (χ0) is 20.1. The van der Waals surface area contributed by atoms with E-state index in [4.69, 9.17) is 5.11 Å². The molecule has 0 aromatic rings. The molecule has 0 aromatic carbocycles. The highest BCUT2D eigenvalue weighted by atomic mass is 19.4. The fraction of sp³-hybridized carbons (Fsp3) is 0.923. The molecule has 1 atom stereocenters. The minimum atomic E-state index is -7.01. The average Bonchev–Trinajstić information content (AvgIpc) is 2.44. The molecule has 3 nitrogen and oxygen atoms in total. The average molecular weight is 392 g/mol. The number of ether oxygens (including phenoxy) is 1. The normalized spacial score (nSPS) is 15.1. The lowest BCUT2D eigenvalue weighted by atomic mass is 9.88. The molecule has 0 radical (unpaired) electrons. The molecule has 0 amide bonds. The number of rotatable bonds is 10. The summed E-state index contributed by atoms with van der Waals surface area (Å²) in [6.45, 7) is 0.0790. The van der Waals surface area contributed by atoms with Crippen LogP contribution in [0, 0.1) is 5.92 Å². The van der Waals surface area contributed by atoms with Crippen LogP contribution >= 0.6 is 0 Å². The molecule has 0 heterocycles. The van der Waals surface area contributed by atoms with Crippen LogP contribution in [0.25, 0.3) is 0 Å². The zero-order valence-electron chi connectivity index (χ0n) is 13.0. The van der Waals surface area contributed by atoms with Crippen LogP contribution in [0.4, 0.5) is 44.3 Å². The molecule has 0 aromatic heterocycles. The molecule has 0 aliphatic rings. The third-order valence-electron chi connectivity index (χ3n) is 3.50. The highest BCUT2D eigenvalue weighted by molar-refractivity contribution is 5.56. The van der Waals surface area contributed by atoms with Gasteiger partial charge in [0.1, 0.15) is 6.61 Å². The molecule has 0 spiro atoms. The van der Waals surface area contributed by atoms with Gasteiger partial charge in [0, 0.05) is 0 Å². The first-order valence-electron chi connectivity index (χ1n) is 7.18. The van der Waals surface area contributed by atoms with Crippen molar-refractivity contribution in [1.29, 1.82) is 0 Å². The second kappa shape index (κ2) is 8.35. The highest BCUT2D eigenvalue weighted by Crippen LogP contribution is 2.55. The van der Waals surface area contributed by atoms with Crippen molar-refractivity contribution in [2.75, 3.05) is 6.61 Å². The smallest absolute Gasteiger partial charge is 0.450 e. The van der Waals surface area contributed by atoms with Crippen LogP contribution in [0.5, 0.6) is 0 Å². The Hall–Kier alpha value is -1.36. The van der Waals surface area contributed by atoms with Gasteiger partial charge in [0.05, 0.1) is 5.92 Å². The van der Waals surface area contributed by atoms with Gasteiger partial charge in [-0.2, -0.15) is 39.5 Å². The molecule has 1 N–H and O–H groups in total. The Morgan fingerprint density at radius 2 is 1.44 bits per heavy atom. The van der Waals surface area contributed by atoms with Gasteiger partial charge < -0.3 is 9.84 Å². The van der Waals surface area contributed by atoms with E-state index in [1.807, 2.05) is 0 Å². The maximum absolute atomic E-state index is 13.8. The van der Waals surface area contributed by atoms with Gasteiger partial charge >= 0.3 is 30.1 Å². The lowest BCUT2D eigenvalue weighted by Crippen LogP contribution is -2.63. The molecule has 0 aliphatic heterocycles. The number of carboxylic acid groups (broad SMARTS) is 1. The second-order valence-electron chi connectivity index (χ2n) is 5.39. The fourth-order valence-electron chi connectivity index (χ4n) is 2.00. The summed E-state index contributed by atoms with van der Waals surface area (Å²) >= 11 is 0. The second-order valence-corrected chi connectivity index (χ2v) is 5.39. The van der Waals surface area contributed by atoms with Crippen LogP contribution in [0.2, 0.25) is 0 Å². The van der Waals surface area contributed by atoms with Gasteiger partial charge in [-0.3, -0.25) is 0 Å². The minimum absolute atomic E-state index is 0.204. The van der Waals surface area contributed by atoms with E-state index in [0.29, 0.717) is 12.8 Å². The largest absolute Gasteiger partial charge is 0.505 e. The highest BCUT2D eigenvalue weighted by Gasteiger charge is 2.82. The Kier molecular flexibility index (Phi) is 7.89. The number of hydrogen-bond donors (Lipinski definition) is 1. The summed E-state index contributed by atoms with van der Waals surface area (Å²) in [4.78, 5) is 10.2. The first-order valence-corrected chi connectivity index (χ1v) is 7.18. The zero-order valence-corrected chi connectivity index (χ0v) is 13.0. The van der Waals surface area contributed by atoms with Crippen molar-refractivity contribution < 1.29 is 54.2 Å². The number of hydrogen-bond acceptors (Lipinski definition) is 2. The molecule has 150 valence electrons. The molecule has 0 saturated carbocycles. The summed E-state index contributed by atoms with van der Waals surface area (Å²) in [5.41, 5.74) is 0. The SMILES string of the molecule is CCCCCCC(COC(=O)O)C(F)(F)C(F)(F)C(F)(F)C(F)(F)F. The van der Waals surface area contributed by atoms with Gasteiger partial charge in [-0.15, -0.1) is 0 Å². The minimum Gasteiger partial charge on any atom is -0.450 e. The Morgan fingerprint density at radius 3 is 1.84 bits per heavy atom. The van der Waals surface area contributed by atoms with Gasteiger partial charge in [0.25, 0.3) is 0 Å². The first-order chi connectivity index (χ1) is 11.1. The number of halogens is 9. The Morgan fingerprint density at radius 1 is 0.920 bits per heavy atom. The predicted octanol–water partition coefficient (Wildman–Crippen LogP) is 5.74. The van der Waals surface area contributed by atoms with Crippen molar-refractivity contribution in [2.45, 2.75) is 63.0 Å². The van der Waals surface area contributed by atoms with Gasteiger partial charge in [-0.1, -0.05) is 32.6 Å². The molecule has 0 bridgehead atoms. The van der Waals surface area contributed by atoms with Crippen LogP contribution in [0.1, 0.15) is 39.0 Å². The van der Waals surface area contributed by atoms with E-state index in [1.54, 1.807) is 6.92 Å². The van der Waals surface area contributed by atoms with Crippen LogP contribution < -0.4 is 0 Å². The van der Waals surface area contributed by atoms with Crippen molar-refractivity contribution in [3.63, 3.8) is 0 Å². The standard InChI is InChI=1S/C13H17F9O3/c1-2-3-4-5-6-8(7-25-9(23)24)10(14,15)11(16,17)12(18,19)13(20,21)22/h8H,2-7H2,1H3,(H,23,24). The molecule has 0 aliphatic carbocycles. The van der Waals surface area contributed by atoms with E-state index in [1.165, 1.54) is 0 Å². The van der Waals surface area contributed by atoms with Crippen molar-refractivity contribution in [2.24, 2.45) is 5.92 Å². The van der Waals surface area contributed by atoms with Crippen LogP contribution in [-0.4, -0.2) is 41.8 Å². The van der Waals surface area contributed by atoms with E-state index in [-0.39, 0.29) is 12.8 Å². The van der Waals surface area contributed by atoms with E-state index in [0.717, 1.165) is 0 Å². The molecule has 25 heavy (non-hydrogen) atoms. The summed E-state index contributed by atoms with van der Waals surface area (Å²) in [6, 6.07) is 0. The lowest BCUT2D eigenvalue weighted by molar-refractivity contribution is -0.404. The third-order valence-corrected chi connectivity index (χ3v) is 3.50. The van der Waals surface area contributed by atoms with Gasteiger partial charge in [-0.05, 0) is 6.42 Å². The quantitative estimate of drug-likeness (QED) is 0.293. The van der Waals surface area contributed by atoms with Crippen molar-refractivity contribution in [1.82, 2.24) is 0 Å². The first kappa shape index (κ1) is 23.6. The van der Waals surface area contributed by atoms with Crippen molar-refractivity contribution >= 4 is 6.16 Å². The molecule has 1 unspecified atom stereocenters. The Bertz CT molecular complexity index is 435. The number of carbonyl (C=O) groups is 1. The molecule has 12 heteroatoms. The van der Waals surface area contributed by atoms with Crippen LogP contribution in [-0.2, 0) is 4.74 Å². The van der Waals surface area contributed by atoms with E-state index in [2.05, 4.69) is 4.74 Å². The summed E-state index contributed by atoms with van der Waals surface area (Å²) in [5, 5.41) is 8.25. The van der Waals surface area contributed by atoms with Gasteiger partial charge in [0.15, 0.2) is 0 Å². The maximum Gasteiger partial charge on any atom is 0.505 e. The number of alkyl halides is 9. The van der Waals surface area contributed by atoms with Gasteiger partial charge in [0.2, 0.25) is 0 Å². The van der Waals surface area contributed by atoms with Crippen LogP contribution in [0.15, 0.2) is 0 Å². The summed E-state index contributed by atoms with van der Waals surface area (Å²) in [7, 11) is 0. The lowest BCUT2D eigenvalue weighted by Gasteiger charge is -2.37. The monoisotopic (exact) mass is 392 g/mol. The number of unbranched alkanes of at least 4 members (excludes halogenated alkanes) is 3. The predicted molar refractivity (Wildman–Crippen MR) is 67.1 cm³/mol. The molecular weight excluding hydrogens is 375 g/mol. The summed E-state index contributed by atoms with van der Waals surface area (Å²) in [6.07, 6.45) is -8.88. The van der Waals surface area contributed by atoms with E-state index < -0.39 is 49.0 Å². The van der Waals surface area contributed by atoms with E-state index in [9.17, 15) is 44.3 Å². The third kappa shape index (κ3) is 5.30. The Balaban J connectivity index is 5.56. The van der Waals surface area contributed by atoms with E-state index >= 15 is 0 Å². The summed E-state index contributed by atoms with van der Waals surface area (Å²) in [5.74, 6) is -22.5. The molecule has 0 fully saturated rings. The van der Waals surface area contributed by atoms with Crippen molar-refractivity contribution in [3.8, 4) is 0 Å². The molecule has 0 saturated heterocycles. The van der Waals surface area contributed by atoms with Crippen LogP contribution in [0.3, 0.4) is 0 Å². The van der Waals surface area contributed by atoms with Crippen molar-refractivity contribution in [3.05, 3.63) is 0 Å². The molecular formula is C13H17F9O3. The fourth-order valence-corrected chi connectivity index (χ4v) is 2.00. The maximum atomic E-state index is 13.8. The topological polar surface area (TPSA) is 46.5 Å². The Labute approximate surface area is 137 Å². The molecule has 0 rings (SSSR count).